The van der Waals surface area contributed by atoms with Crippen molar-refractivity contribution < 1.29 is 14.0 Å². The van der Waals surface area contributed by atoms with Gasteiger partial charge in [-0.1, -0.05) is 26.0 Å². The van der Waals surface area contributed by atoms with E-state index in [1.807, 2.05) is 20.8 Å². The fourth-order valence-corrected chi connectivity index (χ4v) is 3.99. The van der Waals surface area contributed by atoms with Gasteiger partial charge in [0, 0.05) is 6.54 Å². The van der Waals surface area contributed by atoms with Gasteiger partial charge in [0.25, 0.3) is 0 Å². The number of amides is 2. The SMILES string of the molecule is CCNC(=O)[C@@H](CC(C)C)N1C(=O)CS[C@H]1c1cccc(F)c1. The zero-order valence-electron chi connectivity index (χ0n) is 13.7. The fraction of sp³-hybridized carbons (Fsp3) is 0.529. The van der Waals surface area contributed by atoms with Gasteiger partial charge in [-0.2, -0.15) is 0 Å². The molecule has 23 heavy (non-hydrogen) atoms. The normalized spacial score (nSPS) is 19.3. The molecule has 1 aromatic rings. The topological polar surface area (TPSA) is 49.4 Å². The summed E-state index contributed by atoms with van der Waals surface area (Å²) in [6.45, 7) is 6.43. The molecule has 2 amide bonds. The highest BCUT2D eigenvalue weighted by molar-refractivity contribution is 8.00. The molecular weight excluding hydrogens is 315 g/mol. The Morgan fingerprint density at radius 3 is 2.83 bits per heavy atom. The molecule has 0 aliphatic carbocycles. The van der Waals surface area contributed by atoms with Crippen LogP contribution in [0.1, 0.15) is 38.1 Å². The second kappa shape index (κ2) is 7.81. The van der Waals surface area contributed by atoms with Crippen molar-refractivity contribution >= 4 is 23.6 Å². The number of benzene rings is 1. The van der Waals surface area contributed by atoms with Crippen LogP contribution in [-0.4, -0.2) is 35.1 Å². The highest BCUT2D eigenvalue weighted by Gasteiger charge is 2.40. The van der Waals surface area contributed by atoms with Crippen LogP contribution in [0.15, 0.2) is 24.3 Å². The van der Waals surface area contributed by atoms with E-state index in [1.54, 1.807) is 17.0 Å². The second-order valence-electron chi connectivity index (χ2n) is 6.06. The van der Waals surface area contributed by atoms with Gasteiger partial charge in [0.1, 0.15) is 17.2 Å². The van der Waals surface area contributed by atoms with Gasteiger partial charge in [-0.15, -0.1) is 11.8 Å². The Labute approximate surface area is 140 Å². The van der Waals surface area contributed by atoms with Gasteiger partial charge in [0.15, 0.2) is 0 Å². The van der Waals surface area contributed by atoms with E-state index in [1.165, 1.54) is 23.9 Å². The van der Waals surface area contributed by atoms with Gasteiger partial charge in [0.05, 0.1) is 5.75 Å². The summed E-state index contributed by atoms with van der Waals surface area (Å²) in [7, 11) is 0. The molecule has 1 saturated heterocycles. The summed E-state index contributed by atoms with van der Waals surface area (Å²) in [5, 5.41) is 2.50. The van der Waals surface area contributed by atoms with Crippen LogP contribution in [0.2, 0.25) is 0 Å². The molecule has 0 radical (unpaired) electrons. The van der Waals surface area contributed by atoms with E-state index in [9.17, 15) is 14.0 Å². The summed E-state index contributed by atoms with van der Waals surface area (Å²) in [5.74, 6) is 0.0458. The molecule has 0 aromatic heterocycles. The quantitative estimate of drug-likeness (QED) is 0.867. The number of nitrogens with one attached hydrogen (secondary N) is 1. The molecule has 1 fully saturated rings. The first kappa shape index (κ1) is 17.8. The molecule has 1 heterocycles. The first-order valence-corrected chi connectivity index (χ1v) is 8.94. The highest BCUT2D eigenvalue weighted by Crippen LogP contribution is 2.41. The van der Waals surface area contributed by atoms with Crippen LogP contribution >= 0.6 is 11.8 Å². The van der Waals surface area contributed by atoms with Gasteiger partial charge in [-0.3, -0.25) is 9.59 Å². The van der Waals surface area contributed by atoms with Crippen molar-refractivity contribution in [3.8, 4) is 0 Å². The average Bonchev–Trinajstić information content (AvgIpc) is 2.86. The highest BCUT2D eigenvalue weighted by atomic mass is 32.2. The average molecular weight is 338 g/mol. The smallest absolute Gasteiger partial charge is 0.242 e. The molecule has 2 rings (SSSR count). The maximum Gasteiger partial charge on any atom is 0.242 e. The van der Waals surface area contributed by atoms with E-state index in [0.717, 1.165) is 5.56 Å². The summed E-state index contributed by atoms with van der Waals surface area (Å²) in [6.07, 6.45) is 0.587. The fourth-order valence-electron chi connectivity index (χ4n) is 2.78. The first-order chi connectivity index (χ1) is 10.9. The summed E-state index contributed by atoms with van der Waals surface area (Å²) < 4.78 is 13.5. The summed E-state index contributed by atoms with van der Waals surface area (Å²) in [5.41, 5.74) is 0.721. The van der Waals surface area contributed by atoms with E-state index in [-0.39, 0.29) is 28.9 Å². The van der Waals surface area contributed by atoms with Crippen LogP contribution in [0.25, 0.3) is 0 Å². The van der Waals surface area contributed by atoms with Crippen molar-refractivity contribution in [2.45, 2.75) is 38.6 Å². The van der Waals surface area contributed by atoms with Gasteiger partial charge < -0.3 is 10.2 Å². The first-order valence-electron chi connectivity index (χ1n) is 7.90. The van der Waals surface area contributed by atoms with E-state index >= 15 is 0 Å². The Hall–Kier alpha value is -1.56. The molecular formula is C17H23FN2O2S. The molecule has 0 bridgehead atoms. The minimum Gasteiger partial charge on any atom is -0.355 e. The predicted molar refractivity (Wildman–Crippen MR) is 90.4 cm³/mol. The van der Waals surface area contributed by atoms with Gasteiger partial charge in [0.2, 0.25) is 11.8 Å². The molecule has 0 spiro atoms. The number of hydrogen-bond acceptors (Lipinski definition) is 3. The summed E-state index contributed by atoms with van der Waals surface area (Å²) in [6, 6.07) is 5.73. The Balaban J connectivity index is 2.33. The lowest BCUT2D eigenvalue weighted by Gasteiger charge is -2.33. The monoisotopic (exact) mass is 338 g/mol. The Morgan fingerprint density at radius 2 is 2.22 bits per heavy atom. The zero-order valence-corrected chi connectivity index (χ0v) is 14.5. The zero-order chi connectivity index (χ0) is 17.0. The molecule has 1 N–H and O–H groups in total. The maximum absolute atomic E-state index is 13.5. The molecule has 6 heteroatoms. The van der Waals surface area contributed by atoms with Crippen molar-refractivity contribution in [3.63, 3.8) is 0 Å². The van der Waals surface area contributed by atoms with Gasteiger partial charge >= 0.3 is 0 Å². The van der Waals surface area contributed by atoms with Crippen molar-refractivity contribution in [2.24, 2.45) is 5.92 Å². The van der Waals surface area contributed by atoms with E-state index < -0.39 is 6.04 Å². The number of halogens is 1. The minimum atomic E-state index is -0.522. The van der Waals surface area contributed by atoms with Gasteiger partial charge in [-0.05, 0) is 37.0 Å². The van der Waals surface area contributed by atoms with Crippen LogP contribution in [0.3, 0.4) is 0 Å². The lowest BCUT2D eigenvalue weighted by atomic mass is 10.0. The molecule has 1 aliphatic rings. The standard InChI is InChI=1S/C17H23FN2O2S/c1-4-19-16(22)14(8-11(2)3)20-15(21)10-23-17(20)12-6-5-7-13(18)9-12/h5-7,9,11,14,17H,4,8,10H2,1-3H3,(H,19,22)/t14-,17+/m1/s1. The second-order valence-corrected chi connectivity index (χ2v) is 7.13. The Kier molecular flexibility index (Phi) is 6.04. The van der Waals surface area contributed by atoms with E-state index in [0.29, 0.717) is 18.7 Å². The lowest BCUT2D eigenvalue weighted by Crippen LogP contribution is -2.49. The molecule has 4 nitrogen and oxygen atoms in total. The number of rotatable bonds is 6. The van der Waals surface area contributed by atoms with E-state index in [2.05, 4.69) is 5.32 Å². The Bertz CT molecular complexity index is 579. The maximum atomic E-state index is 13.5. The molecule has 1 aromatic carbocycles. The van der Waals surface area contributed by atoms with Crippen molar-refractivity contribution in [2.75, 3.05) is 12.3 Å². The predicted octanol–water partition coefficient (Wildman–Crippen LogP) is 2.95. The molecule has 126 valence electrons. The van der Waals surface area contributed by atoms with Gasteiger partial charge in [-0.25, -0.2) is 4.39 Å². The molecule has 1 aliphatic heterocycles. The van der Waals surface area contributed by atoms with E-state index in [4.69, 9.17) is 0 Å². The number of thioether (sulfide) groups is 1. The number of likely N-dealkylation sites (N-methyl/N-ethyl adjacent to an activating group) is 1. The number of nitrogens with zero attached hydrogens (tertiary/aromatic N) is 1. The van der Waals surface area contributed by atoms with Crippen LogP contribution in [-0.2, 0) is 9.59 Å². The van der Waals surface area contributed by atoms with Crippen LogP contribution in [0, 0.1) is 11.7 Å². The summed E-state index contributed by atoms with van der Waals surface area (Å²) >= 11 is 1.44. The third-order valence-electron chi connectivity index (χ3n) is 3.72. The van der Waals surface area contributed by atoms with Crippen molar-refractivity contribution in [3.05, 3.63) is 35.6 Å². The van der Waals surface area contributed by atoms with Crippen molar-refractivity contribution in [1.82, 2.24) is 10.2 Å². The van der Waals surface area contributed by atoms with Crippen molar-refractivity contribution in [1.29, 1.82) is 0 Å². The Morgan fingerprint density at radius 1 is 1.48 bits per heavy atom. The molecule has 0 saturated carbocycles. The number of hydrogen-bond donors (Lipinski definition) is 1. The number of carbonyl (C=O) groups excluding carboxylic acids is 2. The summed E-state index contributed by atoms with van der Waals surface area (Å²) in [4.78, 5) is 26.5. The van der Waals surface area contributed by atoms with Crippen LogP contribution in [0.5, 0.6) is 0 Å². The third kappa shape index (κ3) is 4.25. The third-order valence-corrected chi connectivity index (χ3v) is 4.95. The molecule has 0 unspecified atom stereocenters. The van der Waals surface area contributed by atoms with Crippen LogP contribution < -0.4 is 5.32 Å². The number of carbonyl (C=O) groups is 2. The minimum absolute atomic E-state index is 0.0684. The van der Waals surface area contributed by atoms with Crippen LogP contribution in [0.4, 0.5) is 4.39 Å². The molecule has 2 atom stereocenters. The largest absolute Gasteiger partial charge is 0.355 e. The lowest BCUT2D eigenvalue weighted by molar-refractivity contribution is -0.139.